The van der Waals surface area contributed by atoms with Crippen LogP contribution in [0, 0.1) is 0 Å². The summed E-state index contributed by atoms with van der Waals surface area (Å²) in [6.07, 6.45) is 5.34. The average molecular weight is 320 g/mol. The van der Waals surface area contributed by atoms with Gasteiger partial charge in [-0.15, -0.1) is 24.8 Å². The van der Waals surface area contributed by atoms with E-state index >= 15 is 0 Å². The number of hydrogen-bond acceptors (Lipinski definition) is 3. The SMILES string of the molecule is CC1CCCCN1CCCNc1ccc(N)cc1.Cl.Cl. The Labute approximate surface area is 135 Å². The number of anilines is 2. The standard InChI is InChI=1S/C15H25N3.2ClH/c1-13-5-2-3-11-18(13)12-4-10-17-15-8-6-14(16)7-9-15;;/h6-9,13,17H,2-5,10-12,16H2,1H3;2*1H. The molecule has 1 aromatic rings. The Bertz CT molecular complexity index is 357. The third-order valence-corrected chi connectivity index (χ3v) is 3.80. The molecule has 20 heavy (non-hydrogen) atoms. The summed E-state index contributed by atoms with van der Waals surface area (Å²) in [6.45, 7) is 5.88. The van der Waals surface area contributed by atoms with Crippen molar-refractivity contribution in [3.63, 3.8) is 0 Å². The largest absolute Gasteiger partial charge is 0.399 e. The highest BCUT2D eigenvalue weighted by atomic mass is 35.5. The summed E-state index contributed by atoms with van der Waals surface area (Å²) in [4.78, 5) is 2.62. The Kier molecular flexibility index (Phi) is 9.82. The minimum Gasteiger partial charge on any atom is -0.399 e. The van der Waals surface area contributed by atoms with Crippen LogP contribution in [0.3, 0.4) is 0 Å². The second-order valence-electron chi connectivity index (χ2n) is 5.28. The van der Waals surface area contributed by atoms with Crippen LogP contribution < -0.4 is 11.1 Å². The first kappa shape index (κ1) is 19.4. The lowest BCUT2D eigenvalue weighted by atomic mass is 10.0. The fourth-order valence-corrected chi connectivity index (χ4v) is 2.61. The zero-order valence-corrected chi connectivity index (χ0v) is 13.8. The van der Waals surface area contributed by atoms with Gasteiger partial charge in [-0.25, -0.2) is 0 Å². The van der Waals surface area contributed by atoms with Crippen LogP contribution in [0.4, 0.5) is 11.4 Å². The molecule has 0 spiro atoms. The quantitative estimate of drug-likeness (QED) is 0.641. The number of nitrogens with one attached hydrogen (secondary N) is 1. The van der Waals surface area contributed by atoms with Gasteiger partial charge in [-0.3, -0.25) is 0 Å². The number of halogens is 2. The Morgan fingerprint density at radius 3 is 2.55 bits per heavy atom. The number of nitrogens with two attached hydrogens (primary N) is 1. The highest BCUT2D eigenvalue weighted by molar-refractivity contribution is 5.85. The van der Waals surface area contributed by atoms with Crippen molar-refractivity contribution in [1.82, 2.24) is 4.90 Å². The summed E-state index contributed by atoms with van der Waals surface area (Å²) in [5.74, 6) is 0. The maximum Gasteiger partial charge on any atom is 0.0341 e. The monoisotopic (exact) mass is 319 g/mol. The van der Waals surface area contributed by atoms with Crippen LogP contribution in [-0.4, -0.2) is 30.6 Å². The highest BCUT2D eigenvalue weighted by Gasteiger charge is 2.16. The first-order chi connectivity index (χ1) is 8.75. The van der Waals surface area contributed by atoms with E-state index in [0.29, 0.717) is 0 Å². The Balaban J connectivity index is 0.00000180. The van der Waals surface area contributed by atoms with Gasteiger partial charge in [0.25, 0.3) is 0 Å². The third-order valence-electron chi connectivity index (χ3n) is 3.80. The molecular weight excluding hydrogens is 293 g/mol. The fraction of sp³-hybridized carbons (Fsp3) is 0.600. The van der Waals surface area contributed by atoms with Crippen LogP contribution in [0.5, 0.6) is 0 Å². The van der Waals surface area contributed by atoms with Crippen molar-refractivity contribution < 1.29 is 0 Å². The van der Waals surface area contributed by atoms with Gasteiger partial charge in [0.05, 0.1) is 0 Å². The van der Waals surface area contributed by atoms with Crippen LogP contribution in [0.25, 0.3) is 0 Å². The maximum atomic E-state index is 5.66. The molecule has 0 saturated carbocycles. The minimum atomic E-state index is 0. The van der Waals surface area contributed by atoms with E-state index in [0.717, 1.165) is 24.0 Å². The molecule has 1 saturated heterocycles. The number of hydrogen-bond donors (Lipinski definition) is 2. The molecule has 1 fully saturated rings. The molecule has 1 aliphatic rings. The van der Waals surface area contributed by atoms with Crippen molar-refractivity contribution in [2.24, 2.45) is 0 Å². The summed E-state index contributed by atoms with van der Waals surface area (Å²) in [7, 11) is 0. The lowest BCUT2D eigenvalue weighted by Gasteiger charge is -2.33. The molecule has 2 rings (SSSR count). The molecule has 1 aromatic carbocycles. The number of rotatable bonds is 5. The molecule has 3 N–H and O–H groups in total. The zero-order chi connectivity index (χ0) is 12.8. The normalized spacial score (nSPS) is 18.8. The van der Waals surface area contributed by atoms with Crippen molar-refractivity contribution in [1.29, 1.82) is 0 Å². The lowest BCUT2D eigenvalue weighted by molar-refractivity contribution is 0.160. The fourth-order valence-electron chi connectivity index (χ4n) is 2.61. The molecule has 5 heteroatoms. The molecule has 1 unspecified atom stereocenters. The number of likely N-dealkylation sites (tertiary alicyclic amines) is 1. The molecule has 0 amide bonds. The average Bonchev–Trinajstić information content (AvgIpc) is 2.39. The number of benzene rings is 1. The molecule has 1 aliphatic heterocycles. The van der Waals surface area contributed by atoms with Crippen molar-refractivity contribution >= 4 is 36.2 Å². The summed E-state index contributed by atoms with van der Waals surface area (Å²) in [6, 6.07) is 8.73. The lowest BCUT2D eigenvalue weighted by Crippen LogP contribution is -2.38. The molecule has 0 aliphatic carbocycles. The van der Waals surface area contributed by atoms with Crippen LogP contribution in [0.1, 0.15) is 32.6 Å². The number of nitrogen functional groups attached to an aromatic ring is 1. The number of piperidine rings is 1. The molecule has 116 valence electrons. The van der Waals surface area contributed by atoms with E-state index in [4.69, 9.17) is 5.73 Å². The van der Waals surface area contributed by atoms with E-state index in [-0.39, 0.29) is 24.8 Å². The molecule has 3 nitrogen and oxygen atoms in total. The van der Waals surface area contributed by atoms with Gasteiger partial charge in [-0.1, -0.05) is 6.42 Å². The van der Waals surface area contributed by atoms with Crippen LogP contribution >= 0.6 is 24.8 Å². The van der Waals surface area contributed by atoms with Gasteiger partial charge in [0.1, 0.15) is 0 Å². The topological polar surface area (TPSA) is 41.3 Å². The molecule has 1 atom stereocenters. The maximum absolute atomic E-state index is 5.66. The van der Waals surface area contributed by atoms with Gasteiger partial charge >= 0.3 is 0 Å². The third kappa shape index (κ3) is 6.21. The van der Waals surface area contributed by atoms with E-state index < -0.39 is 0 Å². The first-order valence-electron chi connectivity index (χ1n) is 7.09. The van der Waals surface area contributed by atoms with Gasteiger partial charge < -0.3 is 16.0 Å². The second-order valence-corrected chi connectivity index (χ2v) is 5.28. The van der Waals surface area contributed by atoms with Gasteiger partial charge in [0, 0.05) is 30.5 Å². The predicted molar refractivity (Wildman–Crippen MR) is 93.3 cm³/mol. The summed E-state index contributed by atoms with van der Waals surface area (Å²) in [5.41, 5.74) is 7.64. The summed E-state index contributed by atoms with van der Waals surface area (Å²) < 4.78 is 0. The van der Waals surface area contributed by atoms with Crippen molar-refractivity contribution in [3.05, 3.63) is 24.3 Å². The van der Waals surface area contributed by atoms with Crippen LogP contribution in [0.15, 0.2) is 24.3 Å². The predicted octanol–water partition coefficient (Wildman–Crippen LogP) is 3.79. The minimum absolute atomic E-state index is 0. The van der Waals surface area contributed by atoms with Gasteiger partial charge in [0.15, 0.2) is 0 Å². The van der Waals surface area contributed by atoms with Crippen LogP contribution in [0.2, 0.25) is 0 Å². The molecular formula is C15H27Cl2N3. The van der Waals surface area contributed by atoms with Gasteiger partial charge in [0.2, 0.25) is 0 Å². The van der Waals surface area contributed by atoms with E-state index in [1.807, 2.05) is 24.3 Å². The molecule has 0 bridgehead atoms. The second kappa shape index (κ2) is 10.1. The van der Waals surface area contributed by atoms with Crippen molar-refractivity contribution in [2.75, 3.05) is 30.7 Å². The van der Waals surface area contributed by atoms with Crippen molar-refractivity contribution in [3.8, 4) is 0 Å². The van der Waals surface area contributed by atoms with Gasteiger partial charge in [-0.05, 0) is 57.0 Å². The van der Waals surface area contributed by atoms with E-state index in [1.54, 1.807) is 0 Å². The Morgan fingerprint density at radius 1 is 1.20 bits per heavy atom. The zero-order valence-electron chi connectivity index (χ0n) is 12.2. The summed E-state index contributed by atoms with van der Waals surface area (Å²) in [5, 5.41) is 3.44. The van der Waals surface area contributed by atoms with E-state index in [9.17, 15) is 0 Å². The van der Waals surface area contributed by atoms with Crippen molar-refractivity contribution in [2.45, 2.75) is 38.6 Å². The van der Waals surface area contributed by atoms with Gasteiger partial charge in [-0.2, -0.15) is 0 Å². The smallest absolute Gasteiger partial charge is 0.0341 e. The molecule has 0 radical (unpaired) electrons. The molecule has 1 heterocycles. The molecule has 0 aromatic heterocycles. The Hall–Kier alpha value is -0.640. The van der Waals surface area contributed by atoms with E-state index in [2.05, 4.69) is 17.1 Å². The van der Waals surface area contributed by atoms with Crippen LogP contribution in [-0.2, 0) is 0 Å². The number of nitrogens with zero attached hydrogens (tertiary/aromatic N) is 1. The van der Waals surface area contributed by atoms with E-state index in [1.165, 1.54) is 38.8 Å². The Morgan fingerprint density at radius 2 is 1.90 bits per heavy atom. The summed E-state index contributed by atoms with van der Waals surface area (Å²) >= 11 is 0. The highest BCUT2D eigenvalue weighted by Crippen LogP contribution is 2.16. The first-order valence-corrected chi connectivity index (χ1v) is 7.09.